The van der Waals surface area contributed by atoms with E-state index in [1.54, 1.807) is 12.1 Å². The zero-order valence-electron chi connectivity index (χ0n) is 13.7. The van der Waals surface area contributed by atoms with Crippen molar-refractivity contribution in [1.82, 2.24) is 4.90 Å². The summed E-state index contributed by atoms with van der Waals surface area (Å²) in [5.41, 5.74) is 0.594. The van der Waals surface area contributed by atoms with Gasteiger partial charge in [-0.05, 0) is 26.1 Å². The lowest BCUT2D eigenvalue weighted by molar-refractivity contribution is -0.114. The molecule has 0 radical (unpaired) electrons. The van der Waals surface area contributed by atoms with Gasteiger partial charge >= 0.3 is 0 Å². The molecule has 1 amide bonds. The minimum atomic E-state index is -0.159. The SMILES string of the molecule is CCOc1cc(NC(C)=O)cc(Cl)c1OCCN(CC)CC. The van der Waals surface area contributed by atoms with Crippen molar-refractivity contribution in [3.63, 3.8) is 0 Å². The third-order valence-corrected chi connectivity index (χ3v) is 3.46. The number of nitrogens with zero attached hydrogens (tertiary/aromatic N) is 1. The molecule has 0 saturated carbocycles. The molecule has 0 atom stereocenters. The fourth-order valence-electron chi connectivity index (χ4n) is 2.06. The van der Waals surface area contributed by atoms with Gasteiger partial charge in [0.25, 0.3) is 0 Å². The summed E-state index contributed by atoms with van der Waals surface area (Å²) in [4.78, 5) is 13.4. The summed E-state index contributed by atoms with van der Waals surface area (Å²) in [6, 6.07) is 3.39. The van der Waals surface area contributed by atoms with Crippen molar-refractivity contribution < 1.29 is 14.3 Å². The third kappa shape index (κ3) is 5.73. The molecule has 1 rings (SSSR count). The molecular formula is C16H25ClN2O3. The van der Waals surface area contributed by atoms with Crippen LogP contribution in [0.15, 0.2) is 12.1 Å². The number of rotatable bonds is 9. The van der Waals surface area contributed by atoms with Crippen LogP contribution in [0.25, 0.3) is 0 Å². The van der Waals surface area contributed by atoms with Crippen LogP contribution in [0.1, 0.15) is 27.7 Å². The molecule has 0 unspecified atom stereocenters. The highest BCUT2D eigenvalue weighted by atomic mass is 35.5. The van der Waals surface area contributed by atoms with E-state index in [4.69, 9.17) is 21.1 Å². The van der Waals surface area contributed by atoms with E-state index in [9.17, 15) is 4.79 Å². The largest absolute Gasteiger partial charge is 0.490 e. The molecule has 6 heteroatoms. The Hall–Kier alpha value is -1.46. The van der Waals surface area contributed by atoms with E-state index in [2.05, 4.69) is 24.1 Å². The molecule has 0 bridgehead atoms. The average Bonchev–Trinajstić information content (AvgIpc) is 2.45. The number of halogens is 1. The van der Waals surface area contributed by atoms with Gasteiger partial charge in [-0.15, -0.1) is 0 Å². The fourth-order valence-corrected chi connectivity index (χ4v) is 2.33. The summed E-state index contributed by atoms with van der Waals surface area (Å²) in [7, 11) is 0. The number of carbonyl (C=O) groups is 1. The number of carbonyl (C=O) groups excluding carboxylic acids is 1. The second-order valence-corrected chi connectivity index (χ2v) is 5.18. The van der Waals surface area contributed by atoms with Gasteiger partial charge in [-0.1, -0.05) is 25.4 Å². The van der Waals surface area contributed by atoms with E-state index < -0.39 is 0 Å². The summed E-state index contributed by atoms with van der Waals surface area (Å²) in [6.07, 6.45) is 0. The van der Waals surface area contributed by atoms with Crippen molar-refractivity contribution in [1.29, 1.82) is 0 Å². The molecule has 0 spiro atoms. The van der Waals surface area contributed by atoms with Crippen LogP contribution in [0, 0.1) is 0 Å². The maximum atomic E-state index is 11.2. The van der Waals surface area contributed by atoms with Crippen molar-refractivity contribution in [2.75, 3.05) is 38.2 Å². The van der Waals surface area contributed by atoms with Gasteiger partial charge in [0.1, 0.15) is 6.61 Å². The quantitative estimate of drug-likeness (QED) is 0.754. The first-order valence-electron chi connectivity index (χ1n) is 7.60. The lowest BCUT2D eigenvalue weighted by Crippen LogP contribution is -2.28. The molecule has 0 aliphatic carbocycles. The number of anilines is 1. The maximum absolute atomic E-state index is 11.2. The van der Waals surface area contributed by atoms with Crippen LogP contribution in [0.2, 0.25) is 5.02 Å². The van der Waals surface area contributed by atoms with Crippen LogP contribution in [0.5, 0.6) is 11.5 Å². The monoisotopic (exact) mass is 328 g/mol. The number of nitrogens with one attached hydrogen (secondary N) is 1. The van der Waals surface area contributed by atoms with Gasteiger partial charge in [0.15, 0.2) is 11.5 Å². The van der Waals surface area contributed by atoms with Crippen LogP contribution in [0.4, 0.5) is 5.69 Å². The molecule has 0 saturated heterocycles. The minimum Gasteiger partial charge on any atom is -0.490 e. The molecule has 0 fully saturated rings. The molecule has 1 aromatic rings. The van der Waals surface area contributed by atoms with Crippen LogP contribution < -0.4 is 14.8 Å². The van der Waals surface area contributed by atoms with Crippen LogP contribution in [-0.4, -0.2) is 43.7 Å². The van der Waals surface area contributed by atoms with Gasteiger partial charge in [-0.2, -0.15) is 0 Å². The Bertz CT molecular complexity index is 491. The molecule has 5 nitrogen and oxygen atoms in total. The van der Waals surface area contributed by atoms with Crippen LogP contribution in [-0.2, 0) is 4.79 Å². The number of hydrogen-bond acceptors (Lipinski definition) is 4. The van der Waals surface area contributed by atoms with Crippen molar-refractivity contribution >= 4 is 23.2 Å². The first kappa shape index (κ1) is 18.6. The summed E-state index contributed by atoms with van der Waals surface area (Å²) in [5, 5.41) is 3.12. The number of likely N-dealkylation sites (N-methyl/N-ethyl adjacent to an activating group) is 1. The normalized spacial score (nSPS) is 10.6. The Morgan fingerprint density at radius 2 is 1.91 bits per heavy atom. The van der Waals surface area contributed by atoms with Crippen molar-refractivity contribution in [2.24, 2.45) is 0 Å². The highest BCUT2D eigenvalue weighted by Crippen LogP contribution is 2.38. The summed E-state index contributed by atoms with van der Waals surface area (Å²) in [5.74, 6) is 0.900. The standard InChI is InChI=1S/C16H25ClN2O3/c1-5-19(6-2)8-9-22-16-14(17)10-13(18-12(4)20)11-15(16)21-7-3/h10-11H,5-9H2,1-4H3,(H,18,20). The van der Waals surface area contributed by atoms with Gasteiger partial charge in [0.2, 0.25) is 5.91 Å². The predicted octanol–water partition coefficient (Wildman–Crippen LogP) is 3.42. The van der Waals surface area contributed by atoms with Gasteiger partial charge in [0.05, 0.1) is 11.6 Å². The van der Waals surface area contributed by atoms with Crippen molar-refractivity contribution in [3.8, 4) is 11.5 Å². The fraction of sp³-hybridized carbons (Fsp3) is 0.562. The maximum Gasteiger partial charge on any atom is 0.221 e. The lowest BCUT2D eigenvalue weighted by Gasteiger charge is -2.20. The summed E-state index contributed by atoms with van der Waals surface area (Å²) >= 11 is 6.27. The minimum absolute atomic E-state index is 0.159. The number of hydrogen-bond donors (Lipinski definition) is 1. The molecule has 0 aliphatic heterocycles. The molecule has 1 N–H and O–H groups in total. The number of amides is 1. The summed E-state index contributed by atoms with van der Waals surface area (Å²) < 4.78 is 11.4. The second kappa shape index (κ2) is 9.54. The first-order chi connectivity index (χ1) is 10.5. The molecule has 124 valence electrons. The van der Waals surface area contributed by atoms with E-state index in [1.807, 2.05) is 6.92 Å². The first-order valence-corrected chi connectivity index (χ1v) is 7.98. The molecule has 1 aromatic carbocycles. The Morgan fingerprint density at radius 3 is 2.45 bits per heavy atom. The van der Waals surface area contributed by atoms with Gasteiger partial charge in [-0.3, -0.25) is 4.79 Å². The molecule has 0 aliphatic rings. The topological polar surface area (TPSA) is 50.8 Å². The van der Waals surface area contributed by atoms with Crippen LogP contribution in [0.3, 0.4) is 0 Å². The van der Waals surface area contributed by atoms with Crippen molar-refractivity contribution in [3.05, 3.63) is 17.2 Å². The van der Waals surface area contributed by atoms with Gasteiger partial charge in [0, 0.05) is 25.2 Å². The van der Waals surface area contributed by atoms with E-state index in [-0.39, 0.29) is 5.91 Å². The molecule has 0 aromatic heterocycles. The molecule has 22 heavy (non-hydrogen) atoms. The zero-order chi connectivity index (χ0) is 16.5. The molecular weight excluding hydrogens is 304 g/mol. The third-order valence-electron chi connectivity index (χ3n) is 3.18. The van der Waals surface area contributed by atoms with E-state index in [1.165, 1.54) is 6.92 Å². The van der Waals surface area contributed by atoms with Crippen molar-refractivity contribution in [2.45, 2.75) is 27.7 Å². The smallest absolute Gasteiger partial charge is 0.221 e. The van der Waals surface area contributed by atoms with E-state index >= 15 is 0 Å². The van der Waals surface area contributed by atoms with Gasteiger partial charge in [-0.25, -0.2) is 0 Å². The zero-order valence-corrected chi connectivity index (χ0v) is 14.5. The Kier molecular flexibility index (Phi) is 8.06. The van der Waals surface area contributed by atoms with Crippen LogP contribution >= 0.6 is 11.6 Å². The number of benzene rings is 1. The van der Waals surface area contributed by atoms with E-state index in [0.717, 1.165) is 19.6 Å². The Morgan fingerprint density at radius 1 is 1.23 bits per heavy atom. The second-order valence-electron chi connectivity index (χ2n) is 4.77. The average molecular weight is 329 g/mol. The predicted molar refractivity (Wildman–Crippen MR) is 90.2 cm³/mol. The highest BCUT2D eigenvalue weighted by molar-refractivity contribution is 6.32. The highest BCUT2D eigenvalue weighted by Gasteiger charge is 2.13. The molecule has 0 heterocycles. The van der Waals surface area contributed by atoms with Gasteiger partial charge < -0.3 is 19.7 Å². The summed E-state index contributed by atoms with van der Waals surface area (Å²) in [6.45, 7) is 11.4. The number of ether oxygens (including phenoxy) is 2. The Labute approximate surface area is 137 Å². The lowest BCUT2D eigenvalue weighted by atomic mass is 10.2. The Balaban J connectivity index is 2.85. The van der Waals surface area contributed by atoms with E-state index in [0.29, 0.717) is 35.4 Å².